The van der Waals surface area contributed by atoms with Crippen LogP contribution >= 0.6 is 0 Å². The van der Waals surface area contributed by atoms with Gasteiger partial charge in [0.1, 0.15) is 0 Å². The van der Waals surface area contributed by atoms with Crippen molar-refractivity contribution in [1.82, 2.24) is 10.2 Å². The van der Waals surface area contributed by atoms with Crippen molar-refractivity contribution in [3.63, 3.8) is 0 Å². The third-order valence-electron chi connectivity index (χ3n) is 3.91. The van der Waals surface area contributed by atoms with Crippen LogP contribution in [0.5, 0.6) is 0 Å². The van der Waals surface area contributed by atoms with E-state index >= 15 is 0 Å². The maximum absolute atomic E-state index is 5.48. The van der Waals surface area contributed by atoms with Crippen LogP contribution in [0.15, 0.2) is 0 Å². The Labute approximate surface area is 107 Å². The minimum atomic E-state index is 0.474. The van der Waals surface area contributed by atoms with Gasteiger partial charge < -0.3 is 15.0 Å². The first-order valence-corrected chi connectivity index (χ1v) is 7.20. The van der Waals surface area contributed by atoms with E-state index in [1.165, 1.54) is 25.7 Å². The first-order valence-electron chi connectivity index (χ1n) is 7.20. The number of nitrogens with one attached hydrogen (secondary N) is 1. The van der Waals surface area contributed by atoms with Crippen molar-refractivity contribution in [3.05, 3.63) is 0 Å². The summed E-state index contributed by atoms with van der Waals surface area (Å²) in [5.41, 5.74) is 0. The van der Waals surface area contributed by atoms with Gasteiger partial charge in [-0.2, -0.15) is 0 Å². The van der Waals surface area contributed by atoms with Crippen molar-refractivity contribution in [2.24, 2.45) is 0 Å². The van der Waals surface area contributed by atoms with Gasteiger partial charge in [-0.25, -0.2) is 0 Å². The summed E-state index contributed by atoms with van der Waals surface area (Å²) >= 11 is 0. The van der Waals surface area contributed by atoms with Gasteiger partial charge in [0.25, 0.3) is 0 Å². The molecule has 0 saturated heterocycles. The number of hydrogen-bond donors (Lipinski definition) is 1. The maximum atomic E-state index is 5.48. The highest BCUT2D eigenvalue weighted by molar-refractivity contribution is 4.81. The predicted octanol–water partition coefficient (Wildman–Crippen LogP) is 2.26. The second kappa shape index (κ2) is 8.06. The molecule has 1 N–H and O–H groups in total. The fourth-order valence-corrected chi connectivity index (χ4v) is 2.83. The van der Waals surface area contributed by atoms with E-state index in [0.29, 0.717) is 18.2 Å². The molecule has 0 aromatic carbocycles. The van der Waals surface area contributed by atoms with Gasteiger partial charge in [-0.05, 0) is 45.7 Å². The second-order valence-corrected chi connectivity index (χ2v) is 5.27. The third kappa shape index (κ3) is 5.36. The molecule has 3 nitrogen and oxygen atoms in total. The Morgan fingerprint density at radius 1 is 1.29 bits per heavy atom. The minimum Gasteiger partial charge on any atom is -0.381 e. The molecule has 1 rings (SSSR count). The monoisotopic (exact) mass is 242 g/mol. The summed E-state index contributed by atoms with van der Waals surface area (Å²) in [5.74, 6) is 0. The minimum absolute atomic E-state index is 0.474. The Kier molecular flexibility index (Phi) is 7.09. The Bertz CT molecular complexity index is 195. The standard InChI is InChI=1S/C14H30N2O/c1-5-16(6-2)11-12(3)15-13-8-7-9-14(10-13)17-4/h12-15H,5-11H2,1-4H3. The fourth-order valence-electron chi connectivity index (χ4n) is 2.83. The van der Waals surface area contributed by atoms with E-state index in [1.807, 2.05) is 7.11 Å². The summed E-state index contributed by atoms with van der Waals surface area (Å²) in [6.07, 6.45) is 5.50. The van der Waals surface area contributed by atoms with Gasteiger partial charge in [0.05, 0.1) is 6.10 Å². The normalized spacial score (nSPS) is 27.4. The first kappa shape index (κ1) is 14.9. The van der Waals surface area contributed by atoms with Crippen LogP contribution in [0.4, 0.5) is 0 Å². The zero-order valence-electron chi connectivity index (χ0n) is 12.0. The van der Waals surface area contributed by atoms with Gasteiger partial charge in [-0.1, -0.05) is 13.8 Å². The molecule has 0 heterocycles. The average Bonchev–Trinajstić information content (AvgIpc) is 2.36. The summed E-state index contributed by atoms with van der Waals surface area (Å²) in [4.78, 5) is 2.48. The molecule has 3 unspecified atom stereocenters. The first-order chi connectivity index (χ1) is 8.19. The Hall–Kier alpha value is -0.120. The lowest BCUT2D eigenvalue weighted by Gasteiger charge is -2.32. The number of nitrogens with zero attached hydrogens (tertiary/aromatic N) is 1. The van der Waals surface area contributed by atoms with Crippen molar-refractivity contribution in [1.29, 1.82) is 0 Å². The van der Waals surface area contributed by atoms with Crippen molar-refractivity contribution in [2.75, 3.05) is 26.7 Å². The molecule has 3 heteroatoms. The van der Waals surface area contributed by atoms with Gasteiger partial charge in [-0.15, -0.1) is 0 Å². The Morgan fingerprint density at radius 3 is 2.59 bits per heavy atom. The Morgan fingerprint density at radius 2 is 2.00 bits per heavy atom. The molecule has 1 aliphatic carbocycles. The van der Waals surface area contributed by atoms with Crippen LogP contribution in [0.25, 0.3) is 0 Å². The smallest absolute Gasteiger partial charge is 0.0586 e. The zero-order valence-corrected chi connectivity index (χ0v) is 12.0. The van der Waals surface area contributed by atoms with Crippen LogP contribution in [-0.4, -0.2) is 49.8 Å². The van der Waals surface area contributed by atoms with Crippen molar-refractivity contribution < 1.29 is 4.74 Å². The van der Waals surface area contributed by atoms with Crippen molar-refractivity contribution in [2.45, 2.75) is 64.6 Å². The Balaban J connectivity index is 2.27. The molecular formula is C14H30N2O. The van der Waals surface area contributed by atoms with Crippen molar-refractivity contribution in [3.8, 4) is 0 Å². The molecule has 102 valence electrons. The molecule has 0 spiro atoms. The molecule has 0 bridgehead atoms. The van der Waals surface area contributed by atoms with E-state index in [-0.39, 0.29) is 0 Å². The molecule has 0 aliphatic heterocycles. The van der Waals surface area contributed by atoms with Gasteiger partial charge in [0.15, 0.2) is 0 Å². The zero-order chi connectivity index (χ0) is 12.7. The van der Waals surface area contributed by atoms with E-state index in [9.17, 15) is 0 Å². The van der Waals surface area contributed by atoms with Gasteiger partial charge >= 0.3 is 0 Å². The highest BCUT2D eigenvalue weighted by Gasteiger charge is 2.22. The summed E-state index contributed by atoms with van der Waals surface area (Å²) in [7, 11) is 1.84. The van der Waals surface area contributed by atoms with Crippen LogP contribution in [0.3, 0.4) is 0 Å². The summed E-state index contributed by atoms with van der Waals surface area (Å²) in [6.45, 7) is 10.2. The van der Waals surface area contributed by atoms with E-state index < -0.39 is 0 Å². The molecule has 3 atom stereocenters. The summed E-state index contributed by atoms with van der Waals surface area (Å²) in [6, 6.07) is 1.23. The quantitative estimate of drug-likeness (QED) is 0.741. The van der Waals surface area contributed by atoms with Gasteiger partial charge in [-0.3, -0.25) is 0 Å². The highest BCUT2D eigenvalue weighted by Crippen LogP contribution is 2.20. The molecule has 1 aliphatic rings. The maximum Gasteiger partial charge on any atom is 0.0586 e. The molecule has 17 heavy (non-hydrogen) atoms. The van der Waals surface area contributed by atoms with Crippen LogP contribution in [0.2, 0.25) is 0 Å². The molecule has 1 fully saturated rings. The number of ether oxygens (including phenoxy) is 1. The molecular weight excluding hydrogens is 212 g/mol. The van der Waals surface area contributed by atoms with Crippen LogP contribution in [0.1, 0.15) is 46.5 Å². The highest BCUT2D eigenvalue weighted by atomic mass is 16.5. The fraction of sp³-hybridized carbons (Fsp3) is 1.00. The lowest BCUT2D eigenvalue weighted by Crippen LogP contribution is -2.46. The van der Waals surface area contributed by atoms with Crippen LogP contribution in [-0.2, 0) is 4.74 Å². The van der Waals surface area contributed by atoms with Gasteiger partial charge in [0.2, 0.25) is 0 Å². The van der Waals surface area contributed by atoms with Gasteiger partial charge in [0, 0.05) is 25.7 Å². The average molecular weight is 242 g/mol. The SMILES string of the molecule is CCN(CC)CC(C)NC1CCCC(OC)C1. The predicted molar refractivity (Wildman–Crippen MR) is 73.4 cm³/mol. The number of hydrogen-bond acceptors (Lipinski definition) is 3. The lowest BCUT2D eigenvalue weighted by atomic mass is 9.92. The van der Waals surface area contributed by atoms with E-state index in [0.717, 1.165) is 19.6 Å². The molecule has 0 radical (unpaired) electrons. The van der Waals surface area contributed by atoms with Crippen LogP contribution in [0, 0.1) is 0 Å². The molecule has 0 aromatic rings. The number of likely N-dealkylation sites (N-methyl/N-ethyl adjacent to an activating group) is 1. The summed E-state index contributed by atoms with van der Waals surface area (Å²) < 4.78 is 5.48. The topological polar surface area (TPSA) is 24.5 Å². The largest absolute Gasteiger partial charge is 0.381 e. The van der Waals surface area contributed by atoms with E-state index in [2.05, 4.69) is 31.0 Å². The molecule has 0 aromatic heterocycles. The third-order valence-corrected chi connectivity index (χ3v) is 3.91. The lowest BCUT2D eigenvalue weighted by molar-refractivity contribution is 0.0563. The van der Waals surface area contributed by atoms with E-state index in [4.69, 9.17) is 4.74 Å². The van der Waals surface area contributed by atoms with Crippen LogP contribution < -0.4 is 5.32 Å². The van der Waals surface area contributed by atoms with Crippen molar-refractivity contribution >= 4 is 0 Å². The number of methoxy groups -OCH3 is 1. The molecule has 1 saturated carbocycles. The summed E-state index contributed by atoms with van der Waals surface area (Å²) in [5, 5.41) is 3.76. The second-order valence-electron chi connectivity index (χ2n) is 5.27. The number of rotatable bonds is 7. The molecule has 0 amide bonds. The van der Waals surface area contributed by atoms with E-state index in [1.54, 1.807) is 0 Å².